The average Bonchev–Trinajstić information content (AvgIpc) is 2.38. The Hall–Kier alpha value is -1.92. The predicted molar refractivity (Wildman–Crippen MR) is 81.0 cm³/mol. The number of benzene rings is 2. The lowest BCUT2D eigenvalue weighted by molar-refractivity contribution is 0.599. The number of hydrogen-bond acceptors (Lipinski definition) is 3. The third-order valence-electron chi connectivity index (χ3n) is 3.19. The summed E-state index contributed by atoms with van der Waals surface area (Å²) in [6, 6.07) is 9.22. The highest BCUT2D eigenvalue weighted by Gasteiger charge is 2.19. The second kappa shape index (κ2) is 5.83. The maximum atomic E-state index is 13.6. The van der Waals surface area contributed by atoms with Gasteiger partial charge in [-0.15, -0.1) is 0 Å². The summed E-state index contributed by atoms with van der Waals surface area (Å²) >= 11 is 0. The molecule has 6 heteroatoms. The number of nitrogens with one attached hydrogen (secondary N) is 1. The highest BCUT2D eigenvalue weighted by atomic mass is 32.2. The van der Waals surface area contributed by atoms with Gasteiger partial charge in [-0.2, -0.15) is 0 Å². The normalized spacial score (nSPS) is 11.4. The van der Waals surface area contributed by atoms with E-state index in [4.69, 9.17) is 5.73 Å². The summed E-state index contributed by atoms with van der Waals surface area (Å²) in [6.45, 7) is 3.52. The zero-order valence-corrected chi connectivity index (χ0v) is 12.7. The van der Waals surface area contributed by atoms with Crippen LogP contribution in [0.15, 0.2) is 41.3 Å². The third kappa shape index (κ3) is 3.22. The molecule has 0 fully saturated rings. The van der Waals surface area contributed by atoms with Crippen molar-refractivity contribution in [2.75, 3.05) is 4.72 Å². The van der Waals surface area contributed by atoms with Crippen LogP contribution in [0.3, 0.4) is 0 Å². The molecule has 2 rings (SSSR count). The number of rotatable bonds is 4. The molecule has 112 valence electrons. The Labute approximate surface area is 123 Å². The van der Waals surface area contributed by atoms with Crippen LogP contribution < -0.4 is 10.5 Å². The van der Waals surface area contributed by atoms with Gasteiger partial charge in [-0.05, 0) is 37.6 Å². The molecule has 0 saturated carbocycles. The van der Waals surface area contributed by atoms with Crippen molar-refractivity contribution in [1.82, 2.24) is 0 Å². The first-order valence-electron chi connectivity index (χ1n) is 6.42. The van der Waals surface area contributed by atoms with E-state index in [1.54, 1.807) is 19.1 Å². The van der Waals surface area contributed by atoms with Crippen molar-refractivity contribution in [3.8, 4) is 0 Å². The number of anilines is 1. The van der Waals surface area contributed by atoms with Crippen molar-refractivity contribution in [2.24, 2.45) is 5.73 Å². The lowest BCUT2D eigenvalue weighted by Crippen LogP contribution is -2.17. The van der Waals surface area contributed by atoms with Crippen molar-refractivity contribution < 1.29 is 12.8 Å². The first-order valence-corrected chi connectivity index (χ1v) is 7.91. The maximum absolute atomic E-state index is 13.6. The molecule has 0 aromatic heterocycles. The fraction of sp³-hybridized carbons (Fsp3) is 0.200. The van der Waals surface area contributed by atoms with Crippen molar-refractivity contribution in [1.29, 1.82) is 0 Å². The van der Waals surface area contributed by atoms with Gasteiger partial charge < -0.3 is 5.73 Å². The van der Waals surface area contributed by atoms with Crippen molar-refractivity contribution in [3.05, 3.63) is 58.9 Å². The molecule has 3 N–H and O–H groups in total. The molecule has 0 saturated heterocycles. The second-order valence-corrected chi connectivity index (χ2v) is 6.50. The quantitative estimate of drug-likeness (QED) is 0.912. The summed E-state index contributed by atoms with van der Waals surface area (Å²) in [7, 11) is -3.78. The Morgan fingerprint density at radius 3 is 2.52 bits per heavy atom. The van der Waals surface area contributed by atoms with Gasteiger partial charge in [0, 0.05) is 12.1 Å². The molecule has 2 aromatic carbocycles. The Morgan fingerprint density at radius 2 is 1.90 bits per heavy atom. The number of halogens is 1. The summed E-state index contributed by atoms with van der Waals surface area (Å²) < 4.78 is 40.9. The molecule has 0 aliphatic carbocycles. The molecule has 4 nitrogen and oxygen atoms in total. The van der Waals surface area contributed by atoms with E-state index in [2.05, 4.69) is 4.72 Å². The number of aryl methyl sites for hydroxylation is 2. The molecule has 0 atom stereocenters. The van der Waals surface area contributed by atoms with Gasteiger partial charge in [0.25, 0.3) is 10.0 Å². The molecule has 0 heterocycles. The summed E-state index contributed by atoms with van der Waals surface area (Å²) in [5, 5.41) is 0. The average molecular weight is 308 g/mol. The third-order valence-corrected chi connectivity index (χ3v) is 4.71. The lowest BCUT2D eigenvalue weighted by Gasteiger charge is -2.14. The van der Waals surface area contributed by atoms with Crippen LogP contribution in [0.5, 0.6) is 0 Å². The fourth-order valence-corrected chi connectivity index (χ4v) is 3.48. The lowest BCUT2D eigenvalue weighted by atomic mass is 10.2. The van der Waals surface area contributed by atoms with E-state index < -0.39 is 15.8 Å². The van der Waals surface area contributed by atoms with E-state index in [0.29, 0.717) is 5.56 Å². The van der Waals surface area contributed by atoms with Crippen LogP contribution in [0.25, 0.3) is 0 Å². The van der Waals surface area contributed by atoms with Crippen molar-refractivity contribution >= 4 is 15.7 Å². The van der Waals surface area contributed by atoms with E-state index in [9.17, 15) is 12.8 Å². The van der Waals surface area contributed by atoms with Crippen LogP contribution in [-0.4, -0.2) is 8.42 Å². The molecule has 0 radical (unpaired) electrons. The van der Waals surface area contributed by atoms with E-state index >= 15 is 0 Å². The van der Waals surface area contributed by atoms with Crippen molar-refractivity contribution in [2.45, 2.75) is 25.3 Å². The van der Waals surface area contributed by atoms with Gasteiger partial charge in [-0.1, -0.05) is 23.8 Å². The molecular formula is C15H17FN2O2S. The largest absolute Gasteiger partial charge is 0.326 e. The van der Waals surface area contributed by atoms with E-state index in [1.807, 2.05) is 6.92 Å². The number of nitrogens with two attached hydrogens (primary N) is 1. The molecule has 0 unspecified atom stereocenters. The van der Waals surface area contributed by atoms with E-state index in [-0.39, 0.29) is 22.7 Å². The highest BCUT2D eigenvalue weighted by Crippen LogP contribution is 2.24. The van der Waals surface area contributed by atoms with Crippen LogP contribution in [-0.2, 0) is 16.6 Å². The molecule has 0 aliphatic heterocycles. The second-order valence-electron chi connectivity index (χ2n) is 4.84. The minimum Gasteiger partial charge on any atom is -0.326 e. The van der Waals surface area contributed by atoms with Gasteiger partial charge >= 0.3 is 0 Å². The molecule has 2 aromatic rings. The minimum absolute atomic E-state index is 0.0859. The smallest absolute Gasteiger partial charge is 0.262 e. The summed E-state index contributed by atoms with van der Waals surface area (Å²) in [6.07, 6.45) is 0. The Bertz CT molecular complexity index is 773. The van der Waals surface area contributed by atoms with Gasteiger partial charge in [0.15, 0.2) is 0 Å². The molecule has 0 bridgehead atoms. The monoisotopic (exact) mass is 308 g/mol. The summed E-state index contributed by atoms with van der Waals surface area (Å²) in [5.41, 5.74) is 7.40. The molecule has 0 spiro atoms. The summed E-state index contributed by atoms with van der Waals surface area (Å²) in [4.78, 5) is 0.167. The van der Waals surface area contributed by atoms with Crippen molar-refractivity contribution in [3.63, 3.8) is 0 Å². The van der Waals surface area contributed by atoms with Gasteiger partial charge in [0.2, 0.25) is 0 Å². The molecule has 0 amide bonds. The van der Waals surface area contributed by atoms with Gasteiger partial charge in [0.05, 0.1) is 10.6 Å². The zero-order chi connectivity index (χ0) is 15.6. The van der Waals surface area contributed by atoms with Gasteiger partial charge in [-0.3, -0.25) is 4.72 Å². The van der Waals surface area contributed by atoms with Crippen LogP contribution in [0.2, 0.25) is 0 Å². The van der Waals surface area contributed by atoms with E-state index in [0.717, 1.165) is 5.56 Å². The molecule has 21 heavy (non-hydrogen) atoms. The Morgan fingerprint density at radius 1 is 1.19 bits per heavy atom. The van der Waals surface area contributed by atoms with Crippen LogP contribution in [0.4, 0.5) is 10.1 Å². The van der Waals surface area contributed by atoms with Crippen LogP contribution in [0.1, 0.15) is 16.7 Å². The Balaban J connectivity index is 2.45. The Kier molecular flexibility index (Phi) is 4.29. The SMILES string of the molecule is Cc1ccc(S(=O)(=O)Nc2cccc(F)c2CN)c(C)c1. The van der Waals surface area contributed by atoms with Crippen LogP contribution in [0, 0.1) is 19.7 Å². The maximum Gasteiger partial charge on any atom is 0.262 e. The van der Waals surface area contributed by atoms with Gasteiger partial charge in [0.1, 0.15) is 5.82 Å². The van der Waals surface area contributed by atoms with Crippen LogP contribution >= 0.6 is 0 Å². The first kappa shape index (κ1) is 15.5. The number of sulfonamides is 1. The molecular weight excluding hydrogens is 291 g/mol. The predicted octanol–water partition coefficient (Wildman–Crippen LogP) is 2.70. The minimum atomic E-state index is -3.78. The summed E-state index contributed by atoms with van der Waals surface area (Å²) in [5.74, 6) is -0.529. The zero-order valence-electron chi connectivity index (χ0n) is 11.9. The number of hydrogen-bond donors (Lipinski definition) is 2. The fourth-order valence-electron chi connectivity index (χ4n) is 2.16. The highest BCUT2D eigenvalue weighted by molar-refractivity contribution is 7.92. The van der Waals surface area contributed by atoms with E-state index in [1.165, 1.54) is 24.3 Å². The topological polar surface area (TPSA) is 72.2 Å². The van der Waals surface area contributed by atoms with Gasteiger partial charge in [-0.25, -0.2) is 12.8 Å². The standard InChI is InChI=1S/C15H17FN2O2S/c1-10-6-7-15(11(2)8-10)21(19,20)18-14-5-3-4-13(16)12(14)9-17/h3-8,18H,9,17H2,1-2H3. The first-order chi connectivity index (χ1) is 9.85. The molecule has 0 aliphatic rings.